The second kappa shape index (κ2) is 5.54. The van der Waals surface area contributed by atoms with Gasteiger partial charge in [0.25, 0.3) is 0 Å². The van der Waals surface area contributed by atoms with Gasteiger partial charge in [-0.15, -0.1) is 11.6 Å². The maximum Gasteiger partial charge on any atom is 0.164 e. The molecule has 3 aromatic rings. The molecule has 0 radical (unpaired) electrons. The van der Waals surface area contributed by atoms with Crippen molar-refractivity contribution in [3.05, 3.63) is 52.4 Å². The standard InChI is InChI=1S/C15H13BrClN3/c1-10-7-9-18-15-14(10)19-13(6-8-17)20(15)12-5-3-2-4-11(12)16/h2-5,7,9H,6,8H2,1H3. The van der Waals surface area contributed by atoms with Gasteiger partial charge in [-0.1, -0.05) is 12.1 Å². The topological polar surface area (TPSA) is 30.7 Å². The summed E-state index contributed by atoms with van der Waals surface area (Å²) in [5.74, 6) is 1.47. The average molecular weight is 351 g/mol. The third-order valence-electron chi connectivity index (χ3n) is 3.23. The summed E-state index contributed by atoms with van der Waals surface area (Å²) in [4.78, 5) is 9.21. The lowest BCUT2D eigenvalue weighted by molar-refractivity contribution is 0.902. The predicted octanol–water partition coefficient (Wildman–Crippen LogP) is 4.27. The molecule has 3 rings (SSSR count). The molecule has 102 valence electrons. The van der Waals surface area contributed by atoms with E-state index in [4.69, 9.17) is 16.6 Å². The molecule has 1 aromatic carbocycles. The summed E-state index contributed by atoms with van der Waals surface area (Å²) < 4.78 is 3.09. The van der Waals surface area contributed by atoms with Gasteiger partial charge in [0.05, 0.1) is 5.69 Å². The number of aromatic nitrogens is 3. The molecule has 0 saturated carbocycles. The van der Waals surface area contributed by atoms with Gasteiger partial charge in [0.2, 0.25) is 0 Å². The summed E-state index contributed by atoms with van der Waals surface area (Å²) in [6.07, 6.45) is 2.52. The van der Waals surface area contributed by atoms with Crippen LogP contribution in [0, 0.1) is 6.92 Å². The Kier molecular flexibility index (Phi) is 3.76. The second-order valence-corrected chi connectivity index (χ2v) is 5.79. The van der Waals surface area contributed by atoms with E-state index in [1.54, 1.807) is 0 Å². The zero-order valence-corrected chi connectivity index (χ0v) is 13.3. The number of hydrogen-bond donors (Lipinski definition) is 0. The number of halogens is 2. The fourth-order valence-corrected chi connectivity index (χ4v) is 2.91. The molecular formula is C15H13BrClN3. The molecule has 3 nitrogen and oxygen atoms in total. The Hall–Kier alpha value is -1.39. The van der Waals surface area contributed by atoms with E-state index in [-0.39, 0.29) is 0 Å². The highest BCUT2D eigenvalue weighted by atomic mass is 79.9. The van der Waals surface area contributed by atoms with E-state index in [0.717, 1.165) is 32.7 Å². The number of rotatable bonds is 3. The van der Waals surface area contributed by atoms with Gasteiger partial charge in [-0.3, -0.25) is 4.57 Å². The van der Waals surface area contributed by atoms with Crippen molar-refractivity contribution in [3.8, 4) is 5.69 Å². The molecule has 0 bridgehead atoms. The predicted molar refractivity (Wildman–Crippen MR) is 85.7 cm³/mol. The van der Waals surface area contributed by atoms with Crippen LogP contribution < -0.4 is 0 Å². The van der Waals surface area contributed by atoms with Crippen LogP contribution in [0.25, 0.3) is 16.9 Å². The van der Waals surface area contributed by atoms with E-state index < -0.39 is 0 Å². The minimum atomic E-state index is 0.535. The molecule has 0 aliphatic rings. The minimum Gasteiger partial charge on any atom is -0.280 e. The Bertz CT molecular complexity index is 767. The Balaban J connectivity index is 2.35. The maximum atomic E-state index is 5.92. The molecule has 0 amide bonds. The first-order valence-electron chi connectivity index (χ1n) is 6.36. The van der Waals surface area contributed by atoms with Crippen LogP contribution in [-0.4, -0.2) is 20.4 Å². The molecule has 2 heterocycles. The lowest BCUT2D eigenvalue weighted by atomic mass is 10.2. The Morgan fingerprint density at radius 1 is 1.25 bits per heavy atom. The fraction of sp³-hybridized carbons (Fsp3) is 0.200. The zero-order valence-electron chi connectivity index (χ0n) is 11.0. The summed E-state index contributed by atoms with van der Waals surface area (Å²) in [7, 11) is 0. The summed E-state index contributed by atoms with van der Waals surface area (Å²) in [6, 6.07) is 10.0. The van der Waals surface area contributed by atoms with Gasteiger partial charge in [0, 0.05) is 23.0 Å². The van der Waals surface area contributed by atoms with Gasteiger partial charge in [-0.25, -0.2) is 9.97 Å². The van der Waals surface area contributed by atoms with Crippen LogP contribution >= 0.6 is 27.5 Å². The number of imidazole rings is 1. The lowest BCUT2D eigenvalue weighted by Gasteiger charge is -2.09. The molecule has 0 N–H and O–H groups in total. The molecular weight excluding hydrogens is 338 g/mol. The number of hydrogen-bond acceptors (Lipinski definition) is 2. The van der Waals surface area contributed by atoms with Crippen molar-refractivity contribution in [3.63, 3.8) is 0 Å². The third kappa shape index (κ3) is 2.23. The molecule has 0 aliphatic heterocycles. The molecule has 0 fully saturated rings. The monoisotopic (exact) mass is 349 g/mol. The van der Waals surface area contributed by atoms with Crippen molar-refractivity contribution in [1.82, 2.24) is 14.5 Å². The van der Waals surface area contributed by atoms with E-state index in [0.29, 0.717) is 12.3 Å². The number of pyridine rings is 1. The fourth-order valence-electron chi connectivity index (χ4n) is 2.28. The number of benzene rings is 1. The molecule has 0 saturated heterocycles. The smallest absolute Gasteiger partial charge is 0.164 e. The van der Waals surface area contributed by atoms with Gasteiger partial charge in [0.1, 0.15) is 11.3 Å². The number of alkyl halides is 1. The van der Waals surface area contributed by atoms with Crippen LogP contribution in [-0.2, 0) is 6.42 Å². The largest absolute Gasteiger partial charge is 0.280 e. The Morgan fingerprint density at radius 2 is 2.05 bits per heavy atom. The first-order chi connectivity index (χ1) is 9.72. The maximum absolute atomic E-state index is 5.92. The molecule has 20 heavy (non-hydrogen) atoms. The van der Waals surface area contributed by atoms with Gasteiger partial charge in [0.15, 0.2) is 5.65 Å². The van der Waals surface area contributed by atoms with Crippen LogP contribution in [0.2, 0.25) is 0 Å². The highest BCUT2D eigenvalue weighted by molar-refractivity contribution is 9.10. The molecule has 0 aliphatic carbocycles. The van der Waals surface area contributed by atoms with Crippen LogP contribution in [0.5, 0.6) is 0 Å². The van der Waals surface area contributed by atoms with Crippen molar-refractivity contribution in [2.75, 3.05) is 5.88 Å². The van der Waals surface area contributed by atoms with Gasteiger partial charge in [-0.2, -0.15) is 0 Å². The SMILES string of the molecule is Cc1ccnc2c1nc(CCCl)n2-c1ccccc1Br. The average Bonchev–Trinajstić information content (AvgIpc) is 2.80. The van der Waals surface area contributed by atoms with Crippen LogP contribution in [0.3, 0.4) is 0 Å². The summed E-state index contributed by atoms with van der Waals surface area (Å²) in [5, 5.41) is 0. The Morgan fingerprint density at radius 3 is 2.80 bits per heavy atom. The van der Waals surface area contributed by atoms with E-state index >= 15 is 0 Å². The summed E-state index contributed by atoms with van der Waals surface area (Å²) in [6.45, 7) is 2.05. The van der Waals surface area contributed by atoms with Gasteiger partial charge >= 0.3 is 0 Å². The first-order valence-corrected chi connectivity index (χ1v) is 7.69. The quantitative estimate of drug-likeness (QED) is 0.660. The van der Waals surface area contributed by atoms with E-state index in [1.807, 2.05) is 43.5 Å². The van der Waals surface area contributed by atoms with E-state index in [2.05, 4.69) is 25.5 Å². The van der Waals surface area contributed by atoms with Crippen molar-refractivity contribution in [2.24, 2.45) is 0 Å². The van der Waals surface area contributed by atoms with Crippen LogP contribution in [0.4, 0.5) is 0 Å². The van der Waals surface area contributed by atoms with Crippen molar-refractivity contribution in [1.29, 1.82) is 0 Å². The molecule has 5 heteroatoms. The van der Waals surface area contributed by atoms with Crippen molar-refractivity contribution >= 4 is 38.7 Å². The lowest BCUT2D eigenvalue weighted by Crippen LogP contribution is -2.03. The summed E-state index contributed by atoms with van der Waals surface area (Å²) >= 11 is 9.52. The van der Waals surface area contributed by atoms with Crippen LogP contribution in [0.1, 0.15) is 11.4 Å². The molecule has 0 atom stereocenters. The van der Waals surface area contributed by atoms with E-state index in [1.165, 1.54) is 0 Å². The summed E-state index contributed by atoms with van der Waals surface area (Å²) in [5.41, 5.74) is 3.96. The second-order valence-electron chi connectivity index (χ2n) is 4.55. The van der Waals surface area contributed by atoms with Gasteiger partial charge in [-0.05, 0) is 46.6 Å². The highest BCUT2D eigenvalue weighted by Gasteiger charge is 2.15. The zero-order chi connectivity index (χ0) is 14.1. The number of aryl methyl sites for hydroxylation is 2. The first kappa shape index (κ1) is 13.6. The molecule has 0 spiro atoms. The van der Waals surface area contributed by atoms with Crippen molar-refractivity contribution < 1.29 is 0 Å². The highest BCUT2D eigenvalue weighted by Crippen LogP contribution is 2.27. The number of nitrogens with zero attached hydrogens (tertiary/aromatic N) is 3. The molecule has 2 aromatic heterocycles. The van der Waals surface area contributed by atoms with E-state index in [9.17, 15) is 0 Å². The third-order valence-corrected chi connectivity index (χ3v) is 4.09. The van der Waals surface area contributed by atoms with Gasteiger partial charge < -0.3 is 0 Å². The molecule has 0 unspecified atom stereocenters. The van der Waals surface area contributed by atoms with Crippen LogP contribution in [0.15, 0.2) is 41.0 Å². The Labute approximate surface area is 130 Å². The number of para-hydroxylation sites is 1. The van der Waals surface area contributed by atoms with Crippen molar-refractivity contribution in [2.45, 2.75) is 13.3 Å². The minimum absolute atomic E-state index is 0.535. The number of fused-ring (bicyclic) bond motifs is 1. The normalized spacial score (nSPS) is 11.2.